The van der Waals surface area contributed by atoms with Gasteiger partial charge < -0.3 is 40.8 Å². The first-order valence-electron chi connectivity index (χ1n) is 18.0. The van der Waals surface area contributed by atoms with Crippen molar-refractivity contribution in [3.05, 3.63) is 0 Å². The molecule has 50 heavy (non-hydrogen) atoms. The van der Waals surface area contributed by atoms with Crippen LogP contribution in [0.1, 0.15) is 93.9 Å². The van der Waals surface area contributed by atoms with Gasteiger partial charge in [0.05, 0.1) is 49.8 Å². The van der Waals surface area contributed by atoms with Crippen LogP contribution in [0.15, 0.2) is 0 Å². The number of carbonyl (C=O) groups excluding carboxylic acids is 5. The van der Waals surface area contributed by atoms with Crippen LogP contribution in [0.5, 0.6) is 0 Å². The van der Waals surface area contributed by atoms with Crippen LogP contribution in [0, 0.1) is 17.8 Å². The highest BCUT2D eigenvalue weighted by Gasteiger charge is 2.42. The molecule has 1 heterocycles. The van der Waals surface area contributed by atoms with Crippen LogP contribution in [0.4, 0.5) is 0 Å². The van der Waals surface area contributed by atoms with Gasteiger partial charge in [-0.15, -0.1) is 0 Å². The van der Waals surface area contributed by atoms with Gasteiger partial charge in [0, 0.05) is 40.3 Å². The minimum Gasteiger partial charge on any atom is -0.468 e. The maximum atomic E-state index is 13.6. The first kappa shape index (κ1) is 49.3. The molecule has 0 spiro atoms. The molecule has 14 heteroatoms. The number of nitrogens with one attached hydrogen (secondary N) is 1. The van der Waals surface area contributed by atoms with Gasteiger partial charge in [-0.05, 0) is 45.7 Å². The van der Waals surface area contributed by atoms with E-state index in [9.17, 15) is 24.0 Å². The zero-order chi connectivity index (χ0) is 39.3. The van der Waals surface area contributed by atoms with E-state index in [4.69, 9.17) is 20.9 Å². The summed E-state index contributed by atoms with van der Waals surface area (Å²) < 4.78 is 16.1. The smallest absolute Gasteiger partial charge is 0.325 e. The van der Waals surface area contributed by atoms with Crippen LogP contribution in [0.2, 0.25) is 0 Å². The average Bonchev–Trinajstić information content (AvgIpc) is 3.52. The van der Waals surface area contributed by atoms with Crippen LogP contribution in [-0.4, -0.2) is 136 Å². The van der Waals surface area contributed by atoms with Crippen molar-refractivity contribution in [2.75, 3.05) is 55.6 Å². The highest BCUT2D eigenvalue weighted by Crippen LogP contribution is 2.29. The van der Waals surface area contributed by atoms with E-state index in [0.717, 1.165) is 12.8 Å². The fourth-order valence-corrected chi connectivity index (χ4v) is 6.32. The SMILES string of the molecule is CC(C)C(C(N)=O)N(C)C.CCC.CCC(C)C(C(CC(=O)N1CCCC1C(OC)C(C)C(=O)NCC(=O)OC)OC)N(C)C(=O)CC(C)N. The number of rotatable bonds is 18. The summed E-state index contributed by atoms with van der Waals surface area (Å²) in [6.45, 7) is 16.1. The lowest BCUT2D eigenvalue weighted by Crippen LogP contribution is -2.53. The number of likely N-dealkylation sites (tertiary alicyclic amines) is 1. The Morgan fingerprint density at radius 3 is 1.86 bits per heavy atom. The Balaban J connectivity index is 0. The Kier molecular flexibility index (Phi) is 25.7. The van der Waals surface area contributed by atoms with E-state index in [2.05, 4.69) is 23.9 Å². The third-order valence-electron chi connectivity index (χ3n) is 8.91. The zero-order valence-corrected chi connectivity index (χ0v) is 33.6. The Morgan fingerprint density at radius 1 is 0.920 bits per heavy atom. The number of esters is 1. The van der Waals surface area contributed by atoms with Gasteiger partial charge in [-0.25, -0.2) is 0 Å². The molecule has 8 atom stereocenters. The van der Waals surface area contributed by atoms with Crippen molar-refractivity contribution in [2.24, 2.45) is 29.2 Å². The summed E-state index contributed by atoms with van der Waals surface area (Å²) in [6, 6.07) is -1.00. The molecule has 4 amide bonds. The highest BCUT2D eigenvalue weighted by atomic mass is 16.5. The van der Waals surface area contributed by atoms with E-state index < -0.39 is 24.1 Å². The normalized spacial score (nSPS) is 18.3. The summed E-state index contributed by atoms with van der Waals surface area (Å²) >= 11 is 0. The fourth-order valence-electron chi connectivity index (χ4n) is 6.32. The van der Waals surface area contributed by atoms with Crippen molar-refractivity contribution in [1.29, 1.82) is 0 Å². The minimum atomic E-state index is -0.596. The Labute approximate surface area is 302 Å². The van der Waals surface area contributed by atoms with E-state index in [0.29, 0.717) is 13.0 Å². The molecule has 0 aliphatic carbocycles. The fraction of sp³-hybridized carbons (Fsp3) is 0.861. The van der Waals surface area contributed by atoms with Crippen molar-refractivity contribution in [3.8, 4) is 0 Å². The number of carbonyl (C=O) groups is 5. The molecule has 14 nitrogen and oxygen atoms in total. The number of hydrogen-bond donors (Lipinski definition) is 3. The van der Waals surface area contributed by atoms with Gasteiger partial charge in [0.1, 0.15) is 6.54 Å². The summed E-state index contributed by atoms with van der Waals surface area (Å²) in [5, 5.41) is 2.56. The Morgan fingerprint density at radius 2 is 1.48 bits per heavy atom. The van der Waals surface area contributed by atoms with Crippen LogP contribution in [-0.2, 0) is 38.2 Å². The number of methoxy groups -OCH3 is 3. The number of primary amides is 1. The summed E-state index contributed by atoms with van der Waals surface area (Å²) in [6.07, 6.45) is 2.79. The van der Waals surface area contributed by atoms with Crippen LogP contribution >= 0.6 is 0 Å². The molecule has 0 bridgehead atoms. The van der Waals surface area contributed by atoms with Gasteiger partial charge in [-0.3, -0.25) is 28.9 Å². The van der Waals surface area contributed by atoms with Crippen molar-refractivity contribution in [3.63, 3.8) is 0 Å². The predicted octanol–water partition coefficient (Wildman–Crippen LogP) is 2.41. The predicted molar refractivity (Wildman–Crippen MR) is 197 cm³/mol. The second kappa shape index (κ2) is 26.0. The quantitative estimate of drug-likeness (QED) is 0.178. The lowest BCUT2D eigenvalue weighted by molar-refractivity contribution is -0.146. The van der Waals surface area contributed by atoms with Crippen molar-refractivity contribution in [1.82, 2.24) is 20.0 Å². The minimum absolute atomic E-state index is 0.0833. The number of nitrogens with zero attached hydrogens (tertiary/aromatic N) is 3. The number of hydrogen-bond acceptors (Lipinski definition) is 10. The second-order valence-electron chi connectivity index (χ2n) is 13.9. The van der Waals surface area contributed by atoms with Crippen molar-refractivity contribution < 1.29 is 38.2 Å². The van der Waals surface area contributed by atoms with Gasteiger partial charge >= 0.3 is 5.97 Å². The van der Waals surface area contributed by atoms with Crippen LogP contribution in [0.25, 0.3) is 0 Å². The number of amides is 4. The molecule has 5 N–H and O–H groups in total. The third-order valence-corrected chi connectivity index (χ3v) is 8.91. The second-order valence-corrected chi connectivity index (χ2v) is 13.9. The molecular weight excluding hydrogens is 644 g/mol. The topological polar surface area (TPSA) is 187 Å². The Bertz CT molecular complexity index is 1000. The first-order chi connectivity index (χ1) is 23.3. The molecule has 1 aliphatic rings. The molecule has 1 saturated heterocycles. The molecule has 0 aromatic rings. The van der Waals surface area contributed by atoms with Gasteiger partial charge in [0.2, 0.25) is 23.6 Å². The van der Waals surface area contributed by atoms with E-state index in [1.807, 2.05) is 46.7 Å². The summed E-state index contributed by atoms with van der Waals surface area (Å²) in [5.74, 6) is -1.55. The van der Waals surface area contributed by atoms with E-state index >= 15 is 0 Å². The van der Waals surface area contributed by atoms with Gasteiger partial charge in [-0.2, -0.15) is 0 Å². The van der Waals surface area contributed by atoms with Crippen molar-refractivity contribution in [2.45, 2.75) is 130 Å². The number of likely N-dealkylation sites (N-methyl/N-ethyl adjacent to an activating group) is 2. The van der Waals surface area contributed by atoms with Crippen LogP contribution < -0.4 is 16.8 Å². The number of nitrogens with two attached hydrogens (primary N) is 2. The standard InChI is InChI=1S/C26H48N4O7.C7H16N2O.C3H8/c1-9-16(2)24(29(5)21(31)13-17(3)27)20(35-6)14-22(32)30-12-10-11-19(30)25(37-8)18(4)26(34)28-15-23(33)36-7;1-5(2)6(7(8)10)9(3)4;1-3-2/h16-20,24-25H,9-15,27H2,1-8H3,(H,28,34);5-6H,1-4H3,(H2,8,10);3H2,1-2H3. The molecule has 1 aliphatic heterocycles. The maximum Gasteiger partial charge on any atom is 0.325 e. The molecule has 0 aromatic heterocycles. The van der Waals surface area contributed by atoms with Gasteiger partial charge in [-0.1, -0.05) is 61.3 Å². The lowest BCUT2D eigenvalue weighted by Gasteiger charge is -2.39. The summed E-state index contributed by atoms with van der Waals surface area (Å²) in [5.41, 5.74) is 11.0. The van der Waals surface area contributed by atoms with Gasteiger partial charge in [0.15, 0.2) is 0 Å². The monoisotopic (exact) mass is 717 g/mol. The lowest BCUT2D eigenvalue weighted by atomic mass is 9.90. The zero-order valence-electron chi connectivity index (χ0n) is 33.6. The molecule has 0 saturated carbocycles. The molecule has 8 unspecified atom stereocenters. The molecular formula is C36H72N6O8. The average molecular weight is 717 g/mol. The molecule has 1 fully saturated rings. The largest absolute Gasteiger partial charge is 0.468 e. The molecule has 0 aromatic carbocycles. The highest BCUT2D eigenvalue weighted by molar-refractivity contribution is 5.84. The summed E-state index contributed by atoms with van der Waals surface area (Å²) in [7, 11) is 9.79. The maximum absolute atomic E-state index is 13.6. The van der Waals surface area contributed by atoms with Crippen molar-refractivity contribution >= 4 is 29.6 Å². The number of ether oxygens (including phenoxy) is 3. The van der Waals surface area contributed by atoms with E-state index in [1.165, 1.54) is 20.6 Å². The molecule has 0 radical (unpaired) electrons. The van der Waals surface area contributed by atoms with Crippen LogP contribution in [0.3, 0.4) is 0 Å². The third kappa shape index (κ3) is 16.9. The molecule has 1 rings (SSSR count). The first-order valence-corrected chi connectivity index (χ1v) is 18.0. The van der Waals surface area contributed by atoms with Gasteiger partial charge in [0.25, 0.3) is 0 Å². The molecule has 294 valence electrons. The van der Waals surface area contributed by atoms with E-state index in [1.54, 1.807) is 37.8 Å². The Hall–Kier alpha value is -2.81. The van der Waals surface area contributed by atoms with E-state index in [-0.39, 0.29) is 79.0 Å². The summed E-state index contributed by atoms with van der Waals surface area (Å²) in [4.78, 5) is 66.5.